The van der Waals surface area contributed by atoms with Crippen LogP contribution in [0.2, 0.25) is 4.34 Å². The normalized spacial score (nSPS) is 12.9. The van der Waals surface area contributed by atoms with Gasteiger partial charge in [0.25, 0.3) is 5.91 Å². The number of ether oxygens (including phenoxy) is 2. The summed E-state index contributed by atoms with van der Waals surface area (Å²) in [7, 11) is 1.80. The van der Waals surface area contributed by atoms with Gasteiger partial charge in [-0.3, -0.25) is 9.48 Å². The van der Waals surface area contributed by atoms with Crippen molar-refractivity contribution >= 4 is 34.5 Å². The van der Waals surface area contributed by atoms with Crippen molar-refractivity contribution in [1.82, 2.24) is 9.78 Å². The van der Waals surface area contributed by atoms with Gasteiger partial charge < -0.3 is 14.8 Å². The van der Waals surface area contributed by atoms with Gasteiger partial charge in [0, 0.05) is 18.8 Å². The van der Waals surface area contributed by atoms with Crippen LogP contribution in [0.4, 0.5) is 5.69 Å². The number of aryl methyl sites for hydroxylation is 1. The summed E-state index contributed by atoms with van der Waals surface area (Å²) >= 11 is 7.43. The van der Waals surface area contributed by atoms with Crippen LogP contribution < -0.4 is 14.8 Å². The Balaban J connectivity index is 1.55. The minimum Gasteiger partial charge on any atom is -0.486 e. The summed E-state index contributed by atoms with van der Waals surface area (Å²) in [5, 5.41) is 7.12. The lowest BCUT2D eigenvalue weighted by Gasteiger charge is -2.18. The predicted molar refractivity (Wildman–Crippen MR) is 96.9 cm³/mol. The standard InChI is InChI=1S/C17H14ClN3O3S/c1-21-12(15-4-5-16(18)25-15)9-11(20-21)17(22)19-10-2-3-13-14(8-10)24-7-6-23-13/h2-5,8-9H,6-7H2,1H3,(H,19,22). The first-order valence-electron chi connectivity index (χ1n) is 7.61. The van der Waals surface area contributed by atoms with Crippen LogP contribution in [0.15, 0.2) is 36.4 Å². The zero-order valence-electron chi connectivity index (χ0n) is 13.3. The summed E-state index contributed by atoms with van der Waals surface area (Å²) in [5.74, 6) is 1.01. The molecule has 0 radical (unpaired) electrons. The number of halogens is 1. The van der Waals surface area contributed by atoms with Gasteiger partial charge in [-0.25, -0.2) is 0 Å². The van der Waals surface area contributed by atoms with E-state index in [0.29, 0.717) is 40.4 Å². The number of carbonyl (C=O) groups excluding carboxylic acids is 1. The van der Waals surface area contributed by atoms with Crippen LogP contribution in [0.1, 0.15) is 10.5 Å². The maximum absolute atomic E-state index is 12.5. The SMILES string of the molecule is Cn1nc(C(=O)Nc2ccc3c(c2)OCCO3)cc1-c1ccc(Cl)s1. The fraction of sp³-hybridized carbons (Fsp3) is 0.176. The van der Waals surface area contributed by atoms with Gasteiger partial charge in [0.05, 0.1) is 14.9 Å². The van der Waals surface area contributed by atoms with E-state index in [1.807, 2.05) is 12.1 Å². The van der Waals surface area contributed by atoms with Crippen molar-refractivity contribution in [2.45, 2.75) is 0 Å². The van der Waals surface area contributed by atoms with E-state index in [2.05, 4.69) is 10.4 Å². The Morgan fingerprint density at radius 1 is 1.20 bits per heavy atom. The Kier molecular flexibility index (Phi) is 4.10. The minimum absolute atomic E-state index is 0.291. The lowest BCUT2D eigenvalue weighted by Crippen LogP contribution is -2.16. The van der Waals surface area contributed by atoms with Gasteiger partial charge in [0.1, 0.15) is 13.2 Å². The van der Waals surface area contributed by atoms with Gasteiger partial charge in [-0.1, -0.05) is 11.6 Å². The van der Waals surface area contributed by atoms with Gasteiger partial charge in [0.15, 0.2) is 17.2 Å². The van der Waals surface area contributed by atoms with E-state index in [1.165, 1.54) is 11.3 Å². The van der Waals surface area contributed by atoms with Crippen molar-refractivity contribution in [3.05, 3.63) is 46.4 Å². The molecule has 6 nitrogen and oxygen atoms in total. The lowest BCUT2D eigenvalue weighted by molar-refractivity contribution is 0.102. The largest absolute Gasteiger partial charge is 0.486 e. The average molecular weight is 376 g/mol. The Morgan fingerprint density at radius 2 is 2.00 bits per heavy atom. The van der Waals surface area contributed by atoms with Gasteiger partial charge in [-0.05, 0) is 30.3 Å². The molecule has 8 heteroatoms. The van der Waals surface area contributed by atoms with E-state index in [1.54, 1.807) is 36.0 Å². The number of hydrogen-bond donors (Lipinski definition) is 1. The molecule has 1 N–H and O–H groups in total. The van der Waals surface area contributed by atoms with Gasteiger partial charge in [-0.2, -0.15) is 5.10 Å². The van der Waals surface area contributed by atoms with E-state index in [-0.39, 0.29) is 5.91 Å². The molecule has 1 amide bonds. The quantitative estimate of drug-likeness (QED) is 0.755. The summed E-state index contributed by atoms with van der Waals surface area (Å²) in [5.41, 5.74) is 1.79. The third-order valence-electron chi connectivity index (χ3n) is 3.74. The Bertz CT molecular complexity index is 951. The van der Waals surface area contributed by atoms with Crippen LogP contribution in [0.3, 0.4) is 0 Å². The van der Waals surface area contributed by atoms with Crippen molar-refractivity contribution < 1.29 is 14.3 Å². The van der Waals surface area contributed by atoms with E-state index < -0.39 is 0 Å². The Hall–Kier alpha value is -2.51. The highest BCUT2D eigenvalue weighted by atomic mass is 35.5. The molecule has 1 aliphatic rings. The van der Waals surface area contributed by atoms with Gasteiger partial charge in [-0.15, -0.1) is 11.3 Å². The van der Waals surface area contributed by atoms with E-state index in [9.17, 15) is 4.79 Å². The maximum Gasteiger partial charge on any atom is 0.276 e. The summed E-state index contributed by atoms with van der Waals surface area (Å²) in [6.07, 6.45) is 0. The summed E-state index contributed by atoms with van der Waals surface area (Å²) < 4.78 is 13.4. The van der Waals surface area contributed by atoms with Crippen molar-refractivity contribution in [1.29, 1.82) is 0 Å². The molecule has 0 fully saturated rings. The van der Waals surface area contributed by atoms with Crippen molar-refractivity contribution in [3.63, 3.8) is 0 Å². The molecule has 3 aromatic rings. The van der Waals surface area contributed by atoms with Crippen molar-refractivity contribution in [3.8, 4) is 22.1 Å². The highest BCUT2D eigenvalue weighted by Gasteiger charge is 2.17. The molecule has 0 saturated carbocycles. The first kappa shape index (κ1) is 16.0. The zero-order valence-corrected chi connectivity index (χ0v) is 14.9. The van der Waals surface area contributed by atoms with E-state index in [4.69, 9.17) is 21.1 Å². The smallest absolute Gasteiger partial charge is 0.276 e. The molecule has 0 aliphatic carbocycles. The number of benzene rings is 1. The third-order valence-corrected chi connectivity index (χ3v) is 4.99. The summed E-state index contributed by atoms with van der Waals surface area (Å²) in [4.78, 5) is 13.5. The molecular formula is C17H14ClN3O3S. The fourth-order valence-electron chi connectivity index (χ4n) is 2.58. The molecule has 0 spiro atoms. The highest BCUT2D eigenvalue weighted by Crippen LogP contribution is 2.33. The molecule has 128 valence electrons. The number of nitrogens with one attached hydrogen (secondary N) is 1. The maximum atomic E-state index is 12.5. The topological polar surface area (TPSA) is 65.4 Å². The first-order chi connectivity index (χ1) is 12.1. The molecule has 3 heterocycles. The minimum atomic E-state index is -0.291. The first-order valence-corrected chi connectivity index (χ1v) is 8.80. The Labute approximate surface area is 152 Å². The van der Waals surface area contributed by atoms with E-state index in [0.717, 1.165) is 10.6 Å². The molecule has 4 rings (SSSR count). The second-order valence-corrected chi connectivity index (χ2v) is 7.17. The molecule has 1 aliphatic heterocycles. The number of aromatic nitrogens is 2. The zero-order chi connectivity index (χ0) is 17.4. The van der Waals surface area contributed by atoms with E-state index >= 15 is 0 Å². The molecular weight excluding hydrogens is 362 g/mol. The number of fused-ring (bicyclic) bond motifs is 1. The number of carbonyl (C=O) groups is 1. The molecule has 0 saturated heterocycles. The molecule has 0 atom stereocenters. The lowest BCUT2D eigenvalue weighted by atomic mass is 10.2. The van der Waals surface area contributed by atoms with Crippen LogP contribution in [0, 0.1) is 0 Å². The second-order valence-electron chi connectivity index (χ2n) is 5.45. The number of nitrogens with zero attached hydrogens (tertiary/aromatic N) is 2. The second kappa shape index (κ2) is 6.42. The van der Waals surface area contributed by atoms with Crippen molar-refractivity contribution in [2.75, 3.05) is 18.5 Å². The average Bonchev–Trinajstić information content (AvgIpc) is 3.20. The number of thiophene rings is 1. The fourth-order valence-corrected chi connectivity index (χ4v) is 3.67. The summed E-state index contributed by atoms with van der Waals surface area (Å²) in [6.45, 7) is 1.03. The molecule has 1 aromatic carbocycles. The number of amides is 1. The van der Waals surface area contributed by atoms with Crippen LogP contribution in [0.5, 0.6) is 11.5 Å². The van der Waals surface area contributed by atoms with Crippen LogP contribution in [-0.2, 0) is 7.05 Å². The van der Waals surface area contributed by atoms with Gasteiger partial charge >= 0.3 is 0 Å². The Morgan fingerprint density at radius 3 is 2.76 bits per heavy atom. The van der Waals surface area contributed by atoms with Crippen LogP contribution in [-0.4, -0.2) is 28.9 Å². The summed E-state index contributed by atoms with van der Waals surface area (Å²) in [6, 6.07) is 10.8. The molecule has 25 heavy (non-hydrogen) atoms. The van der Waals surface area contributed by atoms with Crippen LogP contribution >= 0.6 is 22.9 Å². The van der Waals surface area contributed by atoms with Crippen LogP contribution in [0.25, 0.3) is 10.6 Å². The number of rotatable bonds is 3. The number of anilines is 1. The molecule has 2 aromatic heterocycles. The number of hydrogen-bond acceptors (Lipinski definition) is 5. The predicted octanol–water partition coefficient (Wildman–Crippen LogP) is 3.83. The molecule has 0 unspecified atom stereocenters. The van der Waals surface area contributed by atoms with Crippen molar-refractivity contribution in [2.24, 2.45) is 7.05 Å². The highest BCUT2D eigenvalue weighted by molar-refractivity contribution is 7.19. The van der Waals surface area contributed by atoms with Gasteiger partial charge in [0.2, 0.25) is 0 Å². The molecule has 0 bridgehead atoms. The third kappa shape index (κ3) is 3.20. The monoisotopic (exact) mass is 375 g/mol.